The van der Waals surface area contributed by atoms with E-state index in [1.165, 1.54) is 11.1 Å². The Kier molecular flexibility index (Phi) is 8.54. The molecule has 7 aromatic rings. The second-order valence-corrected chi connectivity index (χ2v) is 11.2. The van der Waals surface area contributed by atoms with E-state index < -0.39 is 0 Å². The van der Waals surface area contributed by atoms with Gasteiger partial charge in [0.05, 0.1) is 0 Å². The van der Waals surface area contributed by atoms with E-state index in [0.717, 1.165) is 67.5 Å². The number of pyridine rings is 2. The van der Waals surface area contributed by atoms with Crippen molar-refractivity contribution in [1.82, 2.24) is 9.97 Å². The third-order valence-electron chi connectivity index (χ3n) is 8.39. The summed E-state index contributed by atoms with van der Waals surface area (Å²) in [5.41, 5.74) is 10.6. The zero-order valence-corrected chi connectivity index (χ0v) is 27.9. The second kappa shape index (κ2) is 13.2. The molecular formula is C41H27BIrN2O2-2. The third kappa shape index (κ3) is 5.78. The van der Waals surface area contributed by atoms with Crippen LogP contribution in [0.5, 0.6) is 23.0 Å². The van der Waals surface area contributed by atoms with Crippen molar-refractivity contribution in [3.05, 3.63) is 164 Å². The number of ether oxygens (including phenoxy) is 2. The number of fused-ring (bicyclic) bond motifs is 4. The molecule has 0 saturated carbocycles. The number of aryl methyl sites for hydroxylation is 1. The fraction of sp³-hybridized carbons (Fsp3) is 0.0244. The van der Waals surface area contributed by atoms with Crippen LogP contribution in [0.4, 0.5) is 0 Å². The van der Waals surface area contributed by atoms with Crippen LogP contribution in [0.2, 0.25) is 0 Å². The minimum Gasteiger partial charge on any atom is -0.503 e. The summed E-state index contributed by atoms with van der Waals surface area (Å²) in [5.74, 6) is 3.36. The SMILES string of the molecule is Cc1ccccc1-c1ccnc(-c2[c-]ccc3c2Oc2cccc4c2B3c2ccccc2O4)c1.[Ir].[c-]1ccccc1-c1ccccn1. The first-order valence-corrected chi connectivity index (χ1v) is 15.3. The minimum atomic E-state index is 0. The quantitative estimate of drug-likeness (QED) is 0.136. The Morgan fingerprint density at radius 3 is 2.19 bits per heavy atom. The summed E-state index contributed by atoms with van der Waals surface area (Å²) in [5, 5.41) is 0. The molecule has 2 aliphatic heterocycles. The van der Waals surface area contributed by atoms with Gasteiger partial charge < -0.3 is 19.4 Å². The molecule has 0 unspecified atom stereocenters. The Hall–Kier alpha value is -5.29. The molecule has 0 aliphatic carbocycles. The van der Waals surface area contributed by atoms with E-state index in [1.807, 2.05) is 85.1 Å². The maximum absolute atomic E-state index is 6.54. The van der Waals surface area contributed by atoms with Gasteiger partial charge in [0, 0.05) is 43.7 Å². The fourth-order valence-electron chi connectivity index (χ4n) is 6.24. The molecule has 0 N–H and O–H groups in total. The van der Waals surface area contributed by atoms with Gasteiger partial charge in [0.25, 0.3) is 0 Å². The van der Waals surface area contributed by atoms with Gasteiger partial charge >= 0.3 is 0 Å². The number of aromatic nitrogens is 2. The van der Waals surface area contributed by atoms with Crippen LogP contribution >= 0.6 is 0 Å². The second-order valence-electron chi connectivity index (χ2n) is 11.2. The Labute approximate surface area is 288 Å². The zero-order valence-electron chi connectivity index (χ0n) is 25.5. The van der Waals surface area contributed by atoms with Gasteiger partial charge in [-0.3, -0.25) is 0 Å². The van der Waals surface area contributed by atoms with Crippen molar-refractivity contribution in [3.63, 3.8) is 0 Å². The normalized spacial score (nSPS) is 11.6. The zero-order chi connectivity index (χ0) is 30.9. The summed E-state index contributed by atoms with van der Waals surface area (Å²) in [6.45, 7) is 2.17. The molecule has 6 heteroatoms. The first-order chi connectivity index (χ1) is 22.7. The van der Waals surface area contributed by atoms with E-state index in [1.54, 1.807) is 6.20 Å². The minimum absolute atomic E-state index is 0. The van der Waals surface area contributed by atoms with Crippen LogP contribution in [-0.4, -0.2) is 16.7 Å². The molecular weight excluding hydrogens is 755 g/mol. The molecule has 0 atom stereocenters. The average Bonchev–Trinajstić information content (AvgIpc) is 3.12. The molecule has 2 aromatic heterocycles. The number of hydrogen-bond donors (Lipinski definition) is 0. The summed E-state index contributed by atoms with van der Waals surface area (Å²) >= 11 is 0. The van der Waals surface area contributed by atoms with Gasteiger partial charge in [-0.05, 0) is 70.8 Å². The van der Waals surface area contributed by atoms with Crippen molar-refractivity contribution >= 4 is 23.1 Å². The van der Waals surface area contributed by atoms with Gasteiger partial charge in [-0.15, -0.1) is 59.6 Å². The molecule has 227 valence electrons. The number of hydrogen-bond acceptors (Lipinski definition) is 4. The molecule has 2 aliphatic rings. The van der Waals surface area contributed by atoms with E-state index in [2.05, 4.69) is 78.6 Å². The molecule has 4 nitrogen and oxygen atoms in total. The van der Waals surface area contributed by atoms with E-state index >= 15 is 0 Å². The van der Waals surface area contributed by atoms with Gasteiger partial charge in [-0.25, -0.2) is 0 Å². The van der Waals surface area contributed by atoms with Crippen molar-refractivity contribution in [2.75, 3.05) is 0 Å². The number of para-hydroxylation sites is 1. The topological polar surface area (TPSA) is 44.2 Å². The van der Waals surface area contributed by atoms with Crippen molar-refractivity contribution in [2.24, 2.45) is 0 Å². The van der Waals surface area contributed by atoms with Crippen LogP contribution in [0.3, 0.4) is 0 Å². The number of benzene rings is 5. The first kappa shape index (κ1) is 30.4. The Bertz CT molecular complexity index is 2150. The third-order valence-corrected chi connectivity index (χ3v) is 8.39. The number of nitrogens with zero attached hydrogens (tertiary/aromatic N) is 2. The summed E-state index contributed by atoms with van der Waals surface area (Å²) < 4.78 is 12.8. The summed E-state index contributed by atoms with van der Waals surface area (Å²) in [6, 6.07) is 51.2. The van der Waals surface area contributed by atoms with Crippen LogP contribution in [0, 0.1) is 19.1 Å². The smallest absolute Gasteiger partial charge is 0.241 e. The molecule has 0 saturated heterocycles. The largest absolute Gasteiger partial charge is 0.503 e. The molecule has 0 amide bonds. The van der Waals surface area contributed by atoms with Gasteiger partial charge in [-0.2, -0.15) is 0 Å². The molecule has 4 heterocycles. The Morgan fingerprint density at radius 2 is 1.36 bits per heavy atom. The average molecular weight is 783 g/mol. The van der Waals surface area contributed by atoms with E-state index in [9.17, 15) is 0 Å². The monoisotopic (exact) mass is 783 g/mol. The van der Waals surface area contributed by atoms with Crippen LogP contribution in [0.25, 0.3) is 33.6 Å². The van der Waals surface area contributed by atoms with Gasteiger partial charge in [-0.1, -0.05) is 72.3 Å². The van der Waals surface area contributed by atoms with Gasteiger partial charge in [0.1, 0.15) is 17.2 Å². The van der Waals surface area contributed by atoms with Crippen molar-refractivity contribution < 1.29 is 29.6 Å². The molecule has 1 radical (unpaired) electrons. The van der Waals surface area contributed by atoms with Crippen molar-refractivity contribution in [1.29, 1.82) is 0 Å². The van der Waals surface area contributed by atoms with Crippen LogP contribution in [0.15, 0.2) is 146 Å². The van der Waals surface area contributed by atoms with Crippen LogP contribution in [-0.2, 0) is 20.1 Å². The van der Waals surface area contributed by atoms with E-state index in [4.69, 9.17) is 14.5 Å². The summed E-state index contributed by atoms with van der Waals surface area (Å²) in [4.78, 5) is 8.94. The molecule has 9 rings (SSSR count). The first-order valence-electron chi connectivity index (χ1n) is 15.3. The molecule has 0 bridgehead atoms. The predicted octanol–water partition coefficient (Wildman–Crippen LogP) is 7.80. The molecule has 5 aromatic carbocycles. The maximum atomic E-state index is 6.54. The van der Waals surface area contributed by atoms with Crippen LogP contribution < -0.4 is 25.9 Å². The predicted molar refractivity (Wildman–Crippen MR) is 185 cm³/mol. The van der Waals surface area contributed by atoms with Gasteiger partial charge in [0.2, 0.25) is 6.71 Å². The van der Waals surface area contributed by atoms with Crippen molar-refractivity contribution in [2.45, 2.75) is 6.92 Å². The van der Waals surface area contributed by atoms with Crippen LogP contribution in [0.1, 0.15) is 5.56 Å². The van der Waals surface area contributed by atoms with E-state index in [-0.39, 0.29) is 26.8 Å². The van der Waals surface area contributed by atoms with Gasteiger partial charge in [0.15, 0.2) is 0 Å². The number of rotatable bonds is 3. The fourth-order valence-corrected chi connectivity index (χ4v) is 6.24. The molecule has 47 heavy (non-hydrogen) atoms. The standard InChI is InChI=1S/C30H19BNO2.C11H8N.Ir/c1-19-8-2-3-9-21(19)20-16-17-32-25(18-20)22-10-6-12-24-30(22)34-28-15-7-14-27-29(28)31(24)23-11-4-5-13-26(23)33-27;1-2-6-10(7-3-1)11-8-4-5-9-12-11;/h2-9,11-18H,1H3;1-6,8-9H;/q2*-1;. The molecule has 0 spiro atoms. The maximum Gasteiger partial charge on any atom is 0.241 e. The Balaban J connectivity index is 0.000000228. The summed E-state index contributed by atoms with van der Waals surface area (Å²) in [7, 11) is 0. The van der Waals surface area contributed by atoms with Crippen molar-refractivity contribution in [3.8, 4) is 56.6 Å². The van der Waals surface area contributed by atoms with E-state index in [0.29, 0.717) is 0 Å². The molecule has 0 fully saturated rings. The summed E-state index contributed by atoms with van der Waals surface area (Å²) in [6.07, 6.45) is 3.65. The Morgan fingerprint density at radius 1 is 0.596 bits per heavy atom.